The summed E-state index contributed by atoms with van der Waals surface area (Å²) in [7, 11) is 1.74. The Labute approximate surface area is 81.7 Å². The summed E-state index contributed by atoms with van der Waals surface area (Å²) in [6, 6.07) is 0.107. The van der Waals surface area contributed by atoms with Crippen molar-refractivity contribution in [3.05, 3.63) is 11.9 Å². The maximum Gasteiger partial charge on any atom is 0.276 e. The normalized spacial score (nSPS) is 21.6. The molecule has 76 valence electrons. The highest BCUT2D eigenvalue weighted by Gasteiger charge is 2.25. The van der Waals surface area contributed by atoms with Crippen LogP contribution >= 0.6 is 0 Å². The number of hydrogen-bond acceptors (Lipinski definition) is 4. The number of rotatable bonds is 1. The number of nitrogens with zero attached hydrogens (tertiary/aromatic N) is 4. The lowest BCUT2D eigenvalue weighted by atomic mass is 10.3. The molecule has 0 bridgehead atoms. The van der Waals surface area contributed by atoms with Crippen molar-refractivity contribution in [3.8, 4) is 0 Å². The first-order valence-corrected chi connectivity index (χ1v) is 4.58. The first-order chi connectivity index (χ1) is 6.66. The van der Waals surface area contributed by atoms with Crippen molar-refractivity contribution >= 4 is 5.91 Å². The lowest BCUT2D eigenvalue weighted by Gasteiger charge is -2.13. The summed E-state index contributed by atoms with van der Waals surface area (Å²) < 4.78 is 1.52. The average Bonchev–Trinajstić information content (AvgIpc) is 2.73. The lowest BCUT2D eigenvalue weighted by molar-refractivity contribution is 0.0785. The fourth-order valence-corrected chi connectivity index (χ4v) is 1.58. The minimum atomic E-state index is -0.0777. The highest BCUT2D eigenvalue weighted by Crippen LogP contribution is 2.10. The minimum Gasteiger partial charge on any atom is -0.336 e. The van der Waals surface area contributed by atoms with Crippen LogP contribution in [0.2, 0.25) is 0 Å². The van der Waals surface area contributed by atoms with Crippen molar-refractivity contribution in [3.63, 3.8) is 0 Å². The quantitative estimate of drug-likeness (QED) is 0.622. The molecule has 14 heavy (non-hydrogen) atoms. The molecule has 2 rings (SSSR count). The van der Waals surface area contributed by atoms with Crippen LogP contribution in [0.5, 0.6) is 0 Å². The summed E-state index contributed by atoms with van der Waals surface area (Å²) in [6.07, 6.45) is 2.48. The molecule has 0 aromatic carbocycles. The SMILES string of the molecule is Cn1cc(C(=O)N2CCC(N)C2)nn1. The van der Waals surface area contributed by atoms with E-state index in [-0.39, 0.29) is 11.9 Å². The molecule has 2 N–H and O–H groups in total. The van der Waals surface area contributed by atoms with Crippen LogP contribution < -0.4 is 5.73 Å². The van der Waals surface area contributed by atoms with Gasteiger partial charge in [-0.3, -0.25) is 9.48 Å². The van der Waals surface area contributed by atoms with Crippen molar-refractivity contribution in [1.82, 2.24) is 19.9 Å². The van der Waals surface area contributed by atoms with Crippen LogP contribution in [0.25, 0.3) is 0 Å². The van der Waals surface area contributed by atoms with Gasteiger partial charge in [-0.1, -0.05) is 5.21 Å². The Balaban J connectivity index is 2.09. The zero-order chi connectivity index (χ0) is 10.1. The van der Waals surface area contributed by atoms with Crippen LogP contribution in [0, 0.1) is 0 Å². The molecule has 1 aliphatic heterocycles. The first-order valence-electron chi connectivity index (χ1n) is 4.58. The predicted molar refractivity (Wildman–Crippen MR) is 49.5 cm³/mol. The Morgan fingerprint density at radius 2 is 2.50 bits per heavy atom. The second-order valence-corrected chi connectivity index (χ2v) is 3.58. The Hall–Kier alpha value is -1.43. The van der Waals surface area contributed by atoms with Crippen LogP contribution in [-0.4, -0.2) is 44.9 Å². The number of aromatic nitrogens is 3. The Morgan fingerprint density at radius 1 is 1.71 bits per heavy atom. The van der Waals surface area contributed by atoms with Gasteiger partial charge in [0.05, 0.1) is 6.20 Å². The predicted octanol–water partition coefficient (Wildman–Crippen LogP) is -1.01. The smallest absolute Gasteiger partial charge is 0.276 e. The molecule has 0 aliphatic carbocycles. The number of carbonyl (C=O) groups is 1. The van der Waals surface area contributed by atoms with Gasteiger partial charge in [-0.05, 0) is 6.42 Å². The number of nitrogens with two attached hydrogens (primary N) is 1. The van der Waals surface area contributed by atoms with Gasteiger partial charge in [0.25, 0.3) is 5.91 Å². The highest BCUT2D eigenvalue weighted by atomic mass is 16.2. The fraction of sp³-hybridized carbons (Fsp3) is 0.625. The fourth-order valence-electron chi connectivity index (χ4n) is 1.58. The first kappa shape index (κ1) is 9.14. The lowest BCUT2D eigenvalue weighted by Crippen LogP contribution is -2.32. The van der Waals surface area contributed by atoms with Gasteiger partial charge in [0.2, 0.25) is 0 Å². The van der Waals surface area contributed by atoms with Crippen LogP contribution in [0.3, 0.4) is 0 Å². The number of hydrogen-bond donors (Lipinski definition) is 1. The van der Waals surface area contributed by atoms with Crippen LogP contribution in [0.4, 0.5) is 0 Å². The third-order valence-electron chi connectivity index (χ3n) is 2.33. The zero-order valence-electron chi connectivity index (χ0n) is 8.05. The number of aryl methyl sites for hydroxylation is 1. The Morgan fingerprint density at radius 3 is 3.00 bits per heavy atom. The van der Waals surface area contributed by atoms with Crippen molar-refractivity contribution in [2.75, 3.05) is 13.1 Å². The molecule has 1 aromatic rings. The van der Waals surface area contributed by atoms with Gasteiger partial charge >= 0.3 is 0 Å². The van der Waals surface area contributed by atoms with Gasteiger partial charge in [-0.15, -0.1) is 5.10 Å². The molecule has 1 aromatic heterocycles. The van der Waals surface area contributed by atoms with E-state index in [1.807, 2.05) is 0 Å². The molecular weight excluding hydrogens is 182 g/mol. The monoisotopic (exact) mass is 195 g/mol. The van der Waals surface area contributed by atoms with Crippen molar-refractivity contribution in [1.29, 1.82) is 0 Å². The summed E-state index contributed by atoms with van der Waals surface area (Å²) in [5, 5.41) is 7.48. The molecule has 1 unspecified atom stereocenters. The van der Waals surface area contributed by atoms with Gasteiger partial charge in [-0.2, -0.15) is 0 Å². The summed E-state index contributed by atoms with van der Waals surface area (Å²) in [4.78, 5) is 13.5. The van der Waals surface area contributed by atoms with Crippen LogP contribution in [0.15, 0.2) is 6.20 Å². The van der Waals surface area contributed by atoms with E-state index >= 15 is 0 Å². The van der Waals surface area contributed by atoms with E-state index < -0.39 is 0 Å². The van der Waals surface area contributed by atoms with Gasteiger partial charge in [0.1, 0.15) is 0 Å². The topological polar surface area (TPSA) is 77.0 Å². The van der Waals surface area contributed by atoms with E-state index in [2.05, 4.69) is 10.3 Å². The average molecular weight is 195 g/mol. The van der Waals surface area contributed by atoms with Gasteiger partial charge < -0.3 is 10.6 Å². The molecule has 1 fully saturated rings. The molecule has 0 saturated carbocycles. The van der Waals surface area contributed by atoms with Crippen molar-refractivity contribution in [2.24, 2.45) is 12.8 Å². The van der Waals surface area contributed by atoms with E-state index in [1.54, 1.807) is 18.1 Å². The molecule has 0 spiro atoms. The van der Waals surface area contributed by atoms with E-state index in [9.17, 15) is 4.79 Å². The second-order valence-electron chi connectivity index (χ2n) is 3.58. The highest BCUT2D eigenvalue weighted by molar-refractivity contribution is 5.92. The van der Waals surface area contributed by atoms with E-state index in [0.717, 1.165) is 13.0 Å². The molecule has 6 nitrogen and oxygen atoms in total. The molecule has 2 heterocycles. The van der Waals surface area contributed by atoms with Crippen molar-refractivity contribution < 1.29 is 4.79 Å². The Kier molecular flexibility index (Phi) is 2.20. The van der Waals surface area contributed by atoms with E-state index in [1.165, 1.54) is 4.68 Å². The largest absolute Gasteiger partial charge is 0.336 e. The zero-order valence-corrected chi connectivity index (χ0v) is 8.05. The molecule has 1 amide bonds. The second kappa shape index (κ2) is 3.38. The maximum atomic E-state index is 11.8. The van der Waals surface area contributed by atoms with Gasteiger partial charge in [0.15, 0.2) is 5.69 Å². The molecule has 0 radical (unpaired) electrons. The number of likely N-dealkylation sites (tertiary alicyclic amines) is 1. The summed E-state index contributed by atoms with van der Waals surface area (Å²) in [5.41, 5.74) is 6.10. The molecular formula is C8H13N5O. The number of amides is 1. The van der Waals surface area contributed by atoms with Crippen LogP contribution in [-0.2, 0) is 7.05 Å². The molecule has 1 atom stereocenters. The number of carbonyl (C=O) groups excluding carboxylic acids is 1. The Bertz CT molecular complexity index is 347. The summed E-state index contributed by atoms with van der Waals surface area (Å²) in [5.74, 6) is -0.0777. The van der Waals surface area contributed by atoms with E-state index in [4.69, 9.17) is 5.73 Å². The molecule has 1 saturated heterocycles. The third-order valence-corrected chi connectivity index (χ3v) is 2.33. The summed E-state index contributed by atoms with van der Waals surface area (Å²) >= 11 is 0. The third kappa shape index (κ3) is 1.60. The molecule has 1 aliphatic rings. The van der Waals surface area contributed by atoms with Crippen LogP contribution in [0.1, 0.15) is 16.9 Å². The maximum absolute atomic E-state index is 11.8. The van der Waals surface area contributed by atoms with Crippen molar-refractivity contribution in [2.45, 2.75) is 12.5 Å². The standard InChI is InChI=1S/C8H13N5O/c1-12-5-7(10-11-12)8(14)13-3-2-6(9)4-13/h5-6H,2-4,9H2,1H3. The molecule has 6 heteroatoms. The van der Waals surface area contributed by atoms with Gasteiger partial charge in [-0.25, -0.2) is 0 Å². The van der Waals surface area contributed by atoms with E-state index in [0.29, 0.717) is 12.2 Å². The minimum absolute atomic E-state index is 0.0777. The van der Waals surface area contributed by atoms with Gasteiger partial charge in [0, 0.05) is 26.2 Å². The summed E-state index contributed by atoms with van der Waals surface area (Å²) in [6.45, 7) is 1.34.